The lowest BCUT2D eigenvalue weighted by molar-refractivity contribution is 0.348. The Labute approximate surface area is 162 Å². The maximum atomic E-state index is 9.61. The second-order valence-corrected chi connectivity index (χ2v) is 5.91. The molecule has 1 heterocycles. The Morgan fingerprint density at radius 1 is 1.00 bits per heavy atom. The number of aryl methyl sites for hydroxylation is 1. The summed E-state index contributed by atoms with van der Waals surface area (Å²) >= 11 is 0. The number of nitriles is 1. The SMILES string of the molecule is COc1cc(OC)c(OC)cc1/C=C(\C#N)c1nc(-c2ccc(C)cc2)no1. The number of benzene rings is 2. The van der Waals surface area contributed by atoms with Crippen LogP contribution in [0.1, 0.15) is 17.0 Å². The maximum Gasteiger partial charge on any atom is 0.268 e. The number of hydrogen-bond donors (Lipinski definition) is 0. The average Bonchev–Trinajstić information content (AvgIpc) is 3.21. The summed E-state index contributed by atoms with van der Waals surface area (Å²) in [4.78, 5) is 4.34. The van der Waals surface area contributed by atoms with Crippen molar-refractivity contribution < 1.29 is 18.7 Å². The van der Waals surface area contributed by atoms with Crippen molar-refractivity contribution in [2.45, 2.75) is 6.92 Å². The Hall–Kier alpha value is -3.79. The molecule has 0 aliphatic carbocycles. The molecule has 0 aliphatic heterocycles. The number of nitrogens with zero attached hydrogens (tertiary/aromatic N) is 3. The van der Waals surface area contributed by atoms with Crippen LogP contribution in [-0.4, -0.2) is 31.5 Å². The summed E-state index contributed by atoms with van der Waals surface area (Å²) in [6, 6.07) is 13.2. The molecule has 0 saturated carbocycles. The normalized spacial score (nSPS) is 11.0. The van der Waals surface area contributed by atoms with E-state index in [0.29, 0.717) is 28.6 Å². The summed E-state index contributed by atoms with van der Waals surface area (Å²) in [5.74, 6) is 2.08. The molecule has 7 nitrogen and oxygen atoms in total. The summed E-state index contributed by atoms with van der Waals surface area (Å²) in [5.41, 5.74) is 2.76. The second-order valence-electron chi connectivity index (χ2n) is 5.91. The largest absolute Gasteiger partial charge is 0.496 e. The van der Waals surface area contributed by atoms with Crippen LogP contribution in [0.25, 0.3) is 23.0 Å². The van der Waals surface area contributed by atoms with Gasteiger partial charge in [0.2, 0.25) is 5.82 Å². The van der Waals surface area contributed by atoms with Crippen LogP contribution in [0.2, 0.25) is 0 Å². The molecule has 0 N–H and O–H groups in total. The van der Waals surface area contributed by atoms with Gasteiger partial charge in [0.15, 0.2) is 11.5 Å². The smallest absolute Gasteiger partial charge is 0.268 e. The zero-order valence-corrected chi connectivity index (χ0v) is 16.0. The van der Waals surface area contributed by atoms with E-state index >= 15 is 0 Å². The molecule has 0 unspecified atom stereocenters. The van der Waals surface area contributed by atoms with E-state index in [4.69, 9.17) is 18.7 Å². The second kappa shape index (κ2) is 8.27. The Morgan fingerprint density at radius 2 is 1.64 bits per heavy atom. The lowest BCUT2D eigenvalue weighted by Gasteiger charge is -2.12. The minimum absolute atomic E-state index is 0.120. The van der Waals surface area contributed by atoms with Gasteiger partial charge in [-0.25, -0.2) is 0 Å². The fourth-order valence-corrected chi connectivity index (χ4v) is 2.62. The molecule has 0 atom stereocenters. The molecule has 3 aromatic rings. The zero-order chi connectivity index (χ0) is 20.1. The summed E-state index contributed by atoms with van der Waals surface area (Å²) in [5, 5.41) is 13.6. The lowest BCUT2D eigenvalue weighted by Crippen LogP contribution is -1.95. The molecule has 0 spiro atoms. The van der Waals surface area contributed by atoms with Gasteiger partial charge >= 0.3 is 0 Å². The van der Waals surface area contributed by atoms with Crippen molar-refractivity contribution in [3.05, 3.63) is 53.4 Å². The lowest BCUT2D eigenvalue weighted by atomic mass is 10.1. The van der Waals surface area contributed by atoms with E-state index in [1.165, 1.54) is 14.2 Å². The quantitative estimate of drug-likeness (QED) is 0.596. The Bertz CT molecular complexity index is 1050. The van der Waals surface area contributed by atoms with Crippen molar-refractivity contribution in [3.8, 4) is 34.7 Å². The Balaban J connectivity index is 2.01. The Kier molecular flexibility index (Phi) is 5.61. The van der Waals surface area contributed by atoms with E-state index in [1.807, 2.05) is 31.2 Å². The van der Waals surface area contributed by atoms with Gasteiger partial charge in [-0.1, -0.05) is 35.0 Å². The van der Waals surface area contributed by atoms with Crippen molar-refractivity contribution in [3.63, 3.8) is 0 Å². The van der Waals surface area contributed by atoms with Crippen LogP contribution in [0.5, 0.6) is 17.2 Å². The molecule has 7 heteroatoms. The fourth-order valence-electron chi connectivity index (χ4n) is 2.62. The van der Waals surface area contributed by atoms with Crippen LogP contribution in [0, 0.1) is 18.3 Å². The monoisotopic (exact) mass is 377 g/mol. The predicted molar refractivity (Wildman–Crippen MR) is 104 cm³/mol. The van der Waals surface area contributed by atoms with E-state index in [9.17, 15) is 5.26 Å². The van der Waals surface area contributed by atoms with Gasteiger partial charge in [0.05, 0.1) is 21.3 Å². The predicted octanol–water partition coefficient (Wildman–Crippen LogP) is 4.14. The third-order valence-corrected chi connectivity index (χ3v) is 4.12. The number of allylic oxidation sites excluding steroid dienone is 1. The van der Waals surface area contributed by atoms with Gasteiger partial charge in [0, 0.05) is 17.2 Å². The zero-order valence-electron chi connectivity index (χ0n) is 16.0. The van der Waals surface area contributed by atoms with Gasteiger partial charge in [-0.15, -0.1) is 0 Å². The molecule has 142 valence electrons. The van der Waals surface area contributed by atoms with Gasteiger partial charge < -0.3 is 18.7 Å². The molecular weight excluding hydrogens is 358 g/mol. The minimum atomic E-state index is 0.120. The molecule has 0 radical (unpaired) electrons. The van der Waals surface area contributed by atoms with Crippen molar-refractivity contribution in [2.75, 3.05) is 21.3 Å². The van der Waals surface area contributed by atoms with Crippen LogP contribution in [0.3, 0.4) is 0 Å². The molecule has 0 aliphatic rings. The summed E-state index contributed by atoms with van der Waals surface area (Å²) < 4.78 is 21.3. The van der Waals surface area contributed by atoms with Crippen molar-refractivity contribution >= 4 is 11.6 Å². The highest BCUT2D eigenvalue weighted by Crippen LogP contribution is 2.36. The number of ether oxygens (including phenoxy) is 3. The number of rotatable bonds is 6. The third kappa shape index (κ3) is 3.81. The van der Waals surface area contributed by atoms with Gasteiger partial charge in [0.25, 0.3) is 5.89 Å². The molecule has 0 amide bonds. The maximum absolute atomic E-state index is 9.61. The molecular formula is C21H19N3O4. The van der Waals surface area contributed by atoms with E-state index in [-0.39, 0.29) is 11.5 Å². The highest BCUT2D eigenvalue weighted by atomic mass is 16.5. The van der Waals surface area contributed by atoms with Crippen LogP contribution in [0.15, 0.2) is 40.9 Å². The summed E-state index contributed by atoms with van der Waals surface area (Å²) in [7, 11) is 4.61. The van der Waals surface area contributed by atoms with E-state index in [2.05, 4.69) is 16.2 Å². The standard InChI is InChI=1S/C21H19N3O4/c1-13-5-7-14(8-6-13)20-23-21(28-24-20)16(12-22)9-15-10-18(26-3)19(27-4)11-17(15)25-2/h5-11H,1-4H3/b16-9+. The van der Waals surface area contributed by atoms with Crippen molar-refractivity contribution in [2.24, 2.45) is 0 Å². The molecule has 1 aromatic heterocycles. The minimum Gasteiger partial charge on any atom is -0.496 e. The molecule has 28 heavy (non-hydrogen) atoms. The van der Waals surface area contributed by atoms with Crippen LogP contribution < -0.4 is 14.2 Å². The van der Waals surface area contributed by atoms with Crippen molar-refractivity contribution in [1.29, 1.82) is 5.26 Å². The van der Waals surface area contributed by atoms with E-state index in [0.717, 1.165) is 11.1 Å². The average molecular weight is 377 g/mol. The molecule has 2 aromatic carbocycles. The third-order valence-electron chi connectivity index (χ3n) is 4.12. The molecule has 0 saturated heterocycles. The molecule has 3 rings (SSSR count). The summed E-state index contributed by atoms with van der Waals surface area (Å²) in [6.07, 6.45) is 1.60. The number of methoxy groups -OCH3 is 3. The Morgan fingerprint density at radius 3 is 2.25 bits per heavy atom. The van der Waals surface area contributed by atoms with Crippen LogP contribution in [0.4, 0.5) is 0 Å². The summed E-state index contributed by atoms with van der Waals surface area (Å²) in [6.45, 7) is 2.00. The first-order valence-corrected chi connectivity index (χ1v) is 8.42. The van der Waals surface area contributed by atoms with Crippen molar-refractivity contribution in [1.82, 2.24) is 10.1 Å². The van der Waals surface area contributed by atoms with Gasteiger partial charge in [0.1, 0.15) is 17.4 Å². The fraction of sp³-hybridized carbons (Fsp3) is 0.190. The molecule has 0 fully saturated rings. The van der Waals surface area contributed by atoms with Gasteiger partial charge in [-0.2, -0.15) is 10.2 Å². The first-order chi connectivity index (χ1) is 13.6. The number of hydrogen-bond acceptors (Lipinski definition) is 7. The highest BCUT2D eigenvalue weighted by Gasteiger charge is 2.16. The first kappa shape index (κ1) is 19.0. The van der Waals surface area contributed by atoms with E-state index < -0.39 is 0 Å². The van der Waals surface area contributed by atoms with Gasteiger partial charge in [-0.05, 0) is 19.1 Å². The topological polar surface area (TPSA) is 90.4 Å². The molecule has 0 bridgehead atoms. The van der Waals surface area contributed by atoms with E-state index in [1.54, 1.807) is 25.3 Å². The van der Waals surface area contributed by atoms with Gasteiger partial charge in [-0.3, -0.25) is 0 Å². The number of aromatic nitrogens is 2. The van der Waals surface area contributed by atoms with Crippen LogP contribution in [-0.2, 0) is 0 Å². The van der Waals surface area contributed by atoms with Crippen LogP contribution >= 0.6 is 0 Å². The highest BCUT2D eigenvalue weighted by molar-refractivity contribution is 5.88. The first-order valence-electron chi connectivity index (χ1n) is 8.42.